The highest BCUT2D eigenvalue weighted by atomic mass is 19.1. The third kappa shape index (κ3) is 3.92. The predicted molar refractivity (Wildman–Crippen MR) is 73.2 cm³/mol. The molecule has 2 N–H and O–H groups in total. The highest BCUT2D eigenvalue weighted by Gasteiger charge is 2.26. The summed E-state index contributed by atoms with van der Waals surface area (Å²) in [4.78, 5) is 44.9. The van der Waals surface area contributed by atoms with Crippen LogP contribution in [0.25, 0.3) is 0 Å². The number of halogens is 1. The van der Waals surface area contributed by atoms with Gasteiger partial charge in [-0.05, 0) is 24.6 Å². The topological polar surface area (TPSA) is 94.3 Å². The van der Waals surface area contributed by atoms with Crippen LogP contribution in [0.2, 0.25) is 0 Å². The van der Waals surface area contributed by atoms with Gasteiger partial charge in [0.05, 0.1) is 5.92 Å². The SMILES string of the molecule is C=C(C(=O)c1cc(F)ccc1C=O)C(CCC=O)C(N)=O. The third-order valence-electron chi connectivity index (χ3n) is 3.02. The molecule has 6 heteroatoms. The number of hydrogen-bond donors (Lipinski definition) is 1. The largest absolute Gasteiger partial charge is 0.369 e. The van der Waals surface area contributed by atoms with Gasteiger partial charge in [0.1, 0.15) is 12.1 Å². The highest BCUT2D eigenvalue weighted by Crippen LogP contribution is 2.22. The fourth-order valence-corrected chi connectivity index (χ4v) is 1.88. The first kappa shape index (κ1) is 16.4. The minimum atomic E-state index is -1.04. The fraction of sp³-hybridized carbons (Fsp3) is 0.200. The van der Waals surface area contributed by atoms with Crippen molar-refractivity contribution >= 4 is 24.3 Å². The second kappa shape index (κ2) is 7.23. The Morgan fingerprint density at radius 3 is 2.52 bits per heavy atom. The molecule has 0 aliphatic rings. The van der Waals surface area contributed by atoms with Crippen molar-refractivity contribution in [2.24, 2.45) is 11.7 Å². The van der Waals surface area contributed by atoms with Gasteiger partial charge < -0.3 is 10.5 Å². The average molecular weight is 291 g/mol. The number of amides is 1. The maximum atomic E-state index is 13.2. The fourth-order valence-electron chi connectivity index (χ4n) is 1.88. The standard InChI is InChI=1S/C15H14FNO4/c1-9(12(15(17)21)3-2-6-18)14(20)13-7-11(16)5-4-10(13)8-19/h4-8,12H,1-3H2,(H2,17,21). The maximum Gasteiger partial charge on any atom is 0.225 e. The van der Waals surface area contributed by atoms with E-state index in [9.17, 15) is 23.6 Å². The Balaban J connectivity index is 3.13. The number of hydrogen-bond acceptors (Lipinski definition) is 4. The molecule has 0 fully saturated rings. The van der Waals surface area contributed by atoms with E-state index in [1.165, 1.54) is 0 Å². The smallest absolute Gasteiger partial charge is 0.225 e. The van der Waals surface area contributed by atoms with Crippen LogP contribution in [0.1, 0.15) is 33.6 Å². The van der Waals surface area contributed by atoms with Crippen LogP contribution in [0.15, 0.2) is 30.4 Å². The van der Waals surface area contributed by atoms with Crippen LogP contribution >= 0.6 is 0 Å². The van der Waals surface area contributed by atoms with E-state index in [1.54, 1.807) is 0 Å². The van der Waals surface area contributed by atoms with Gasteiger partial charge in [0.25, 0.3) is 0 Å². The number of rotatable bonds is 8. The van der Waals surface area contributed by atoms with Gasteiger partial charge in [-0.3, -0.25) is 14.4 Å². The molecule has 0 bridgehead atoms. The van der Waals surface area contributed by atoms with E-state index in [0.29, 0.717) is 12.6 Å². The number of aldehydes is 2. The molecule has 5 nitrogen and oxygen atoms in total. The van der Waals surface area contributed by atoms with Gasteiger partial charge in [-0.1, -0.05) is 6.58 Å². The Bertz CT molecular complexity index is 610. The monoisotopic (exact) mass is 291 g/mol. The number of nitrogens with two attached hydrogens (primary N) is 1. The van der Waals surface area contributed by atoms with Gasteiger partial charge in [0, 0.05) is 23.1 Å². The molecule has 21 heavy (non-hydrogen) atoms. The molecule has 1 amide bonds. The molecule has 110 valence electrons. The summed E-state index contributed by atoms with van der Waals surface area (Å²) in [5.74, 6) is -3.28. The van der Waals surface area contributed by atoms with Gasteiger partial charge in [-0.2, -0.15) is 0 Å². The zero-order valence-electron chi connectivity index (χ0n) is 11.2. The Labute approximate surface area is 120 Å². The number of benzene rings is 1. The number of carbonyl (C=O) groups excluding carboxylic acids is 4. The lowest BCUT2D eigenvalue weighted by Crippen LogP contribution is -2.28. The molecule has 1 aromatic carbocycles. The van der Waals surface area contributed by atoms with Gasteiger partial charge in [-0.25, -0.2) is 4.39 Å². The van der Waals surface area contributed by atoms with Crippen molar-refractivity contribution in [1.82, 2.24) is 0 Å². The first-order valence-electron chi connectivity index (χ1n) is 6.13. The van der Waals surface area contributed by atoms with Crippen molar-refractivity contribution in [3.8, 4) is 0 Å². The third-order valence-corrected chi connectivity index (χ3v) is 3.02. The molecule has 0 aliphatic carbocycles. The van der Waals surface area contributed by atoms with Crippen LogP contribution in [0.3, 0.4) is 0 Å². The van der Waals surface area contributed by atoms with Crippen molar-refractivity contribution in [3.63, 3.8) is 0 Å². The zero-order chi connectivity index (χ0) is 16.0. The molecule has 1 rings (SSSR count). The van der Waals surface area contributed by atoms with Gasteiger partial charge >= 0.3 is 0 Å². The zero-order valence-corrected chi connectivity index (χ0v) is 11.2. The second-order valence-corrected chi connectivity index (χ2v) is 4.40. The molecular weight excluding hydrogens is 277 g/mol. The molecule has 1 unspecified atom stereocenters. The summed E-state index contributed by atoms with van der Waals surface area (Å²) in [6.45, 7) is 3.51. The van der Waals surface area contributed by atoms with Crippen molar-refractivity contribution in [2.75, 3.05) is 0 Å². The van der Waals surface area contributed by atoms with Crippen molar-refractivity contribution in [1.29, 1.82) is 0 Å². The first-order valence-corrected chi connectivity index (χ1v) is 6.13. The maximum absolute atomic E-state index is 13.2. The minimum absolute atomic E-state index is 0.0128. The lowest BCUT2D eigenvalue weighted by Gasteiger charge is -2.15. The summed E-state index contributed by atoms with van der Waals surface area (Å²) in [7, 11) is 0. The highest BCUT2D eigenvalue weighted by molar-refractivity contribution is 6.14. The van der Waals surface area contributed by atoms with Crippen LogP contribution in [0.4, 0.5) is 4.39 Å². The number of ketones is 1. The molecule has 0 heterocycles. The summed E-state index contributed by atoms with van der Waals surface area (Å²) in [5.41, 5.74) is 4.81. The van der Waals surface area contributed by atoms with Gasteiger partial charge in [0.15, 0.2) is 12.1 Å². The molecule has 0 aliphatic heterocycles. The lowest BCUT2D eigenvalue weighted by atomic mass is 9.88. The van der Waals surface area contributed by atoms with E-state index >= 15 is 0 Å². The summed E-state index contributed by atoms with van der Waals surface area (Å²) >= 11 is 0. The average Bonchev–Trinajstić information content (AvgIpc) is 2.46. The van der Waals surface area contributed by atoms with E-state index < -0.39 is 23.4 Å². The second-order valence-electron chi connectivity index (χ2n) is 4.40. The van der Waals surface area contributed by atoms with Crippen molar-refractivity contribution < 1.29 is 23.6 Å². The van der Waals surface area contributed by atoms with Crippen molar-refractivity contribution in [3.05, 3.63) is 47.3 Å². The first-order chi connectivity index (χ1) is 9.92. The Hall–Kier alpha value is -2.63. The number of primary amides is 1. The normalized spacial score (nSPS) is 11.5. The van der Waals surface area contributed by atoms with Gasteiger partial charge in [-0.15, -0.1) is 0 Å². The van der Waals surface area contributed by atoms with Crippen molar-refractivity contribution in [2.45, 2.75) is 12.8 Å². The van der Waals surface area contributed by atoms with Gasteiger partial charge in [0.2, 0.25) is 5.91 Å². The van der Waals surface area contributed by atoms with E-state index in [0.717, 1.165) is 18.2 Å². The Morgan fingerprint density at radius 2 is 2.00 bits per heavy atom. The minimum Gasteiger partial charge on any atom is -0.369 e. The summed E-state index contributed by atoms with van der Waals surface area (Å²) < 4.78 is 13.2. The molecule has 0 saturated heterocycles. The quantitative estimate of drug-likeness (QED) is 0.445. The molecule has 0 aromatic heterocycles. The summed E-state index contributed by atoms with van der Waals surface area (Å²) in [5, 5.41) is 0. The van der Waals surface area contributed by atoms with E-state index in [4.69, 9.17) is 5.73 Å². The molecular formula is C15H14FNO4. The van der Waals surface area contributed by atoms with Crippen LogP contribution in [0.5, 0.6) is 0 Å². The van der Waals surface area contributed by atoms with Crippen LogP contribution in [-0.4, -0.2) is 24.3 Å². The molecule has 0 saturated carbocycles. The lowest BCUT2D eigenvalue weighted by molar-refractivity contribution is -0.120. The summed E-state index contributed by atoms with van der Waals surface area (Å²) in [6, 6.07) is 3.10. The van der Waals surface area contributed by atoms with E-state index in [2.05, 4.69) is 6.58 Å². The van der Waals surface area contributed by atoms with Crippen LogP contribution < -0.4 is 5.73 Å². The number of Topliss-reactive ketones (excluding diaryl/α,β-unsaturated/α-hetero) is 1. The summed E-state index contributed by atoms with van der Waals surface area (Å²) in [6.07, 6.45) is 1.07. The Morgan fingerprint density at radius 1 is 1.33 bits per heavy atom. The molecule has 0 radical (unpaired) electrons. The molecule has 1 atom stereocenters. The predicted octanol–water partition coefficient (Wildman–Crippen LogP) is 1.46. The van der Waals surface area contributed by atoms with Crippen LogP contribution in [-0.2, 0) is 9.59 Å². The number of carbonyl (C=O) groups is 4. The molecule has 1 aromatic rings. The molecule has 0 spiro atoms. The van der Waals surface area contributed by atoms with E-state index in [-0.39, 0.29) is 29.5 Å². The van der Waals surface area contributed by atoms with E-state index in [1.807, 2.05) is 0 Å². The Kier molecular flexibility index (Phi) is 5.66. The van der Waals surface area contributed by atoms with Crippen LogP contribution in [0, 0.1) is 11.7 Å².